The number of Topliss-reactive ketones (excluding diaryl/α,β-unsaturated/α-hetero) is 1. The van der Waals surface area contributed by atoms with E-state index < -0.39 is 10.8 Å². The van der Waals surface area contributed by atoms with Crippen molar-refractivity contribution in [2.45, 2.75) is 6.92 Å². The van der Waals surface area contributed by atoms with E-state index in [1.165, 1.54) is 12.1 Å². The Bertz CT molecular complexity index is 686. The fraction of sp³-hybridized carbons (Fsp3) is 0.0714. The van der Waals surface area contributed by atoms with Gasteiger partial charge in [0.2, 0.25) is 5.78 Å². The first-order chi connectivity index (χ1) is 9.06. The molecule has 1 aromatic carbocycles. The monoisotopic (exact) mass is 255 g/mol. The Kier molecular flexibility index (Phi) is 3.44. The van der Waals surface area contributed by atoms with Crippen molar-refractivity contribution in [1.82, 2.24) is 0 Å². The molecule has 2 rings (SSSR count). The summed E-state index contributed by atoms with van der Waals surface area (Å²) in [6.07, 6.45) is 0. The van der Waals surface area contributed by atoms with Gasteiger partial charge in [-0.3, -0.25) is 14.9 Å². The van der Waals surface area contributed by atoms with Gasteiger partial charge >= 0.3 is 5.88 Å². The van der Waals surface area contributed by atoms with Crippen molar-refractivity contribution in [3.05, 3.63) is 63.4 Å². The molecule has 0 N–H and O–H groups in total. The molecule has 0 atom stereocenters. The Morgan fingerprint density at radius 3 is 2.47 bits per heavy atom. The molecule has 0 saturated carbocycles. The van der Waals surface area contributed by atoms with Gasteiger partial charge in [0, 0.05) is 11.6 Å². The van der Waals surface area contributed by atoms with E-state index in [1.807, 2.05) is 19.1 Å². The minimum absolute atomic E-state index is 0.0900. The Morgan fingerprint density at radius 2 is 1.89 bits per heavy atom. The maximum Gasteiger partial charge on any atom is 0.434 e. The maximum absolute atomic E-state index is 11.7. The van der Waals surface area contributed by atoms with Crippen LogP contribution in [0.25, 0.3) is 0 Å². The number of carbonyl (C=O) groups excluding carboxylic acids is 1. The number of carbonyl (C=O) groups is 1. The van der Waals surface area contributed by atoms with Crippen LogP contribution in [0, 0.1) is 28.9 Å². The second-order valence-electron chi connectivity index (χ2n) is 3.84. The molecule has 5 heteroatoms. The third-order valence-corrected chi connectivity index (χ3v) is 2.38. The lowest BCUT2D eigenvalue weighted by Gasteiger charge is -1.94. The lowest BCUT2D eigenvalue weighted by Crippen LogP contribution is -1.94. The Morgan fingerprint density at radius 1 is 1.21 bits per heavy atom. The van der Waals surface area contributed by atoms with Crippen molar-refractivity contribution in [3.8, 4) is 11.8 Å². The SMILES string of the molecule is Cc1ccc(C(=O)C#Cc2ccc([N+](=O)[O-])o2)cc1. The van der Waals surface area contributed by atoms with Crippen LogP contribution in [0.3, 0.4) is 0 Å². The summed E-state index contributed by atoms with van der Waals surface area (Å²) in [7, 11) is 0. The van der Waals surface area contributed by atoms with Crippen molar-refractivity contribution >= 4 is 11.7 Å². The average molecular weight is 255 g/mol. The van der Waals surface area contributed by atoms with Crippen LogP contribution in [0.15, 0.2) is 40.8 Å². The number of furan rings is 1. The quantitative estimate of drug-likeness (QED) is 0.358. The molecule has 0 fully saturated rings. The molecule has 0 amide bonds. The third-order valence-electron chi connectivity index (χ3n) is 2.38. The molecule has 0 spiro atoms. The zero-order valence-corrected chi connectivity index (χ0v) is 10.0. The van der Waals surface area contributed by atoms with Crippen molar-refractivity contribution < 1.29 is 14.1 Å². The molecule has 0 aliphatic rings. The van der Waals surface area contributed by atoms with Crippen LogP contribution in [0.5, 0.6) is 0 Å². The number of nitrogens with zero attached hydrogens (tertiary/aromatic N) is 1. The molecule has 0 aliphatic carbocycles. The van der Waals surface area contributed by atoms with Crippen LogP contribution in [0.2, 0.25) is 0 Å². The molecule has 94 valence electrons. The van der Waals surface area contributed by atoms with Crippen LogP contribution in [-0.2, 0) is 0 Å². The van der Waals surface area contributed by atoms with E-state index >= 15 is 0 Å². The number of aryl methyl sites for hydroxylation is 1. The Hall–Kier alpha value is -2.87. The number of ketones is 1. The lowest BCUT2D eigenvalue weighted by molar-refractivity contribution is -0.402. The number of benzene rings is 1. The van der Waals surface area contributed by atoms with Gasteiger partial charge in [0.25, 0.3) is 0 Å². The highest BCUT2D eigenvalue weighted by atomic mass is 16.6. The first kappa shape index (κ1) is 12.6. The molecular weight excluding hydrogens is 246 g/mol. The second-order valence-corrected chi connectivity index (χ2v) is 3.84. The zero-order chi connectivity index (χ0) is 13.8. The van der Waals surface area contributed by atoms with Crippen LogP contribution in [-0.4, -0.2) is 10.7 Å². The lowest BCUT2D eigenvalue weighted by atomic mass is 10.1. The fourth-order valence-corrected chi connectivity index (χ4v) is 1.39. The van der Waals surface area contributed by atoms with Gasteiger partial charge in [-0.05, 0) is 18.8 Å². The summed E-state index contributed by atoms with van der Waals surface area (Å²) in [5.74, 6) is 4.18. The molecule has 5 nitrogen and oxygen atoms in total. The number of rotatable bonds is 2. The summed E-state index contributed by atoms with van der Waals surface area (Å²) in [5.41, 5.74) is 1.52. The van der Waals surface area contributed by atoms with Gasteiger partial charge in [-0.25, -0.2) is 0 Å². The number of hydrogen-bond acceptors (Lipinski definition) is 4. The summed E-state index contributed by atoms with van der Waals surface area (Å²) in [5, 5.41) is 10.4. The van der Waals surface area contributed by atoms with Crippen LogP contribution >= 0.6 is 0 Å². The van der Waals surface area contributed by atoms with Crippen LogP contribution in [0.4, 0.5) is 5.88 Å². The zero-order valence-electron chi connectivity index (χ0n) is 10.0. The van der Waals surface area contributed by atoms with Gasteiger partial charge in [0.1, 0.15) is 4.92 Å². The Balaban J connectivity index is 2.16. The van der Waals surface area contributed by atoms with Crippen molar-refractivity contribution in [1.29, 1.82) is 0 Å². The first-order valence-electron chi connectivity index (χ1n) is 5.43. The molecule has 0 unspecified atom stereocenters. The van der Waals surface area contributed by atoms with Crippen molar-refractivity contribution in [2.75, 3.05) is 0 Å². The summed E-state index contributed by atoms with van der Waals surface area (Å²) in [6, 6.07) is 9.53. The van der Waals surface area contributed by atoms with E-state index in [4.69, 9.17) is 4.42 Å². The second kappa shape index (κ2) is 5.19. The maximum atomic E-state index is 11.7. The molecule has 2 aromatic rings. The van der Waals surface area contributed by atoms with Gasteiger partial charge in [0.15, 0.2) is 5.76 Å². The first-order valence-corrected chi connectivity index (χ1v) is 5.43. The average Bonchev–Trinajstić information content (AvgIpc) is 2.86. The Labute approximate surface area is 109 Å². The van der Waals surface area contributed by atoms with Gasteiger partial charge in [-0.15, -0.1) is 0 Å². The normalized spacial score (nSPS) is 9.53. The van der Waals surface area contributed by atoms with Gasteiger partial charge < -0.3 is 4.42 Å². The third kappa shape index (κ3) is 3.07. The van der Waals surface area contributed by atoms with Crippen molar-refractivity contribution in [2.24, 2.45) is 0 Å². The molecule has 1 heterocycles. The highest BCUT2D eigenvalue weighted by Crippen LogP contribution is 2.14. The van der Waals surface area contributed by atoms with E-state index in [0.717, 1.165) is 5.56 Å². The van der Waals surface area contributed by atoms with Crippen molar-refractivity contribution in [3.63, 3.8) is 0 Å². The molecule has 0 radical (unpaired) electrons. The smallest absolute Gasteiger partial charge is 0.392 e. The van der Waals surface area contributed by atoms with E-state index in [0.29, 0.717) is 5.56 Å². The molecule has 19 heavy (non-hydrogen) atoms. The standard InChI is InChI=1S/C14H9NO4/c1-10-2-4-11(5-3-10)13(16)8-6-12-7-9-14(19-12)15(17)18/h2-5,7,9H,1H3. The molecule has 0 aliphatic heterocycles. The van der Waals surface area contributed by atoms with Crippen LogP contribution in [0.1, 0.15) is 21.7 Å². The summed E-state index contributed by atoms with van der Waals surface area (Å²) >= 11 is 0. The van der Waals surface area contributed by atoms with E-state index in [2.05, 4.69) is 11.8 Å². The van der Waals surface area contributed by atoms with E-state index in [-0.39, 0.29) is 11.5 Å². The molecule has 1 aromatic heterocycles. The fourth-order valence-electron chi connectivity index (χ4n) is 1.39. The highest BCUT2D eigenvalue weighted by Gasteiger charge is 2.10. The summed E-state index contributed by atoms with van der Waals surface area (Å²) in [4.78, 5) is 21.5. The molecule has 0 saturated heterocycles. The van der Waals surface area contributed by atoms with E-state index in [9.17, 15) is 14.9 Å². The largest absolute Gasteiger partial charge is 0.434 e. The summed E-state index contributed by atoms with van der Waals surface area (Å²) in [6.45, 7) is 1.92. The topological polar surface area (TPSA) is 73.3 Å². The summed E-state index contributed by atoms with van der Waals surface area (Å²) < 4.78 is 4.83. The molecular formula is C14H9NO4. The van der Waals surface area contributed by atoms with E-state index in [1.54, 1.807) is 12.1 Å². The van der Waals surface area contributed by atoms with Gasteiger partial charge in [-0.1, -0.05) is 29.8 Å². The predicted octanol–water partition coefficient (Wildman–Crippen LogP) is 2.73. The number of nitro groups is 1. The predicted molar refractivity (Wildman–Crippen MR) is 67.7 cm³/mol. The minimum atomic E-state index is -0.660. The highest BCUT2D eigenvalue weighted by molar-refractivity contribution is 6.09. The minimum Gasteiger partial charge on any atom is -0.392 e. The number of hydrogen-bond donors (Lipinski definition) is 0. The van der Waals surface area contributed by atoms with Crippen LogP contribution < -0.4 is 0 Å². The molecule has 0 bridgehead atoms. The van der Waals surface area contributed by atoms with Gasteiger partial charge in [-0.2, -0.15) is 0 Å². The van der Waals surface area contributed by atoms with Gasteiger partial charge in [0.05, 0.1) is 6.07 Å².